The Hall–Kier alpha value is -4.33. The van der Waals surface area contributed by atoms with Crippen LogP contribution in [0.25, 0.3) is 11.0 Å². The van der Waals surface area contributed by atoms with E-state index >= 15 is 0 Å². The molecule has 0 spiro atoms. The van der Waals surface area contributed by atoms with E-state index in [0.717, 1.165) is 55.0 Å². The first-order chi connectivity index (χ1) is 20.5. The van der Waals surface area contributed by atoms with Crippen molar-refractivity contribution in [1.29, 1.82) is 5.26 Å². The summed E-state index contributed by atoms with van der Waals surface area (Å²) in [4.78, 5) is 23.8. The van der Waals surface area contributed by atoms with E-state index in [1.54, 1.807) is 36.4 Å². The lowest BCUT2D eigenvalue weighted by Crippen LogP contribution is -2.36. The van der Waals surface area contributed by atoms with Crippen LogP contribution in [-0.4, -0.2) is 55.8 Å². The molecule has 1 saturated carbocycles. The van der Waals surface area contributed by atoms with E-state index in [9.17, 15) is 14.3 Å². The zero-order valence-corrected chi connectivity index (χ0v) is 22.9. The number of nitriles is 1. The van der Waals surface area contributed by atoms with Gasteiger partial charge in [-0.2, -0.15) is 5.26 Å². The van der Waals surface area contributed by atoms with Crippen LogP contribution in [0.1, 0.15) is 58.2 Å². The van der Waals surface area contributed by atoms with Gasteiger partial charge in [-0.3, -0.25) is 4.90 Å². The Kier molecular flexibility index (Phi) is 6.84. The Labute approximate surface area is 242 Å². The number of halogens is 1. The molecule has 2 aromatic heterocycles. The molecule has 2 aliphatic heterocycles. The van der Waals surface area contributed by atoms with E-state index in [0.29, 0.717) is 42.4 Å². The molecule has 9 nitrogen and oxygen atoms in total. The van der Waals surface area contributed by atoms with Crippen molar-refractivity contribution in [1.82, 2.24) is 19.4 Å². The van der Waals surface area contributed by atoms with E-state index in [1.807, 2.05) is 18.2 Å². The Balaban J connectivity index is 1.04. The number of likely N-dealkylation sites (tertiary alicyclic amines) is 1. The van der Waals surface area contributed by atoms with Crippen molar-refractivity contribution < 1.29 is 23.8 Å². The van der Waals surface area contributed by atoms with Crippen molar-refractivity contribution in [2.24, 2.45) is 5.92 Å². The number of carboxylic acids is 1. The van der Waals surface area contributed by atoms with Crippen LogP contribution in [0.5, 0.6) is 5.88 Å². The molecule has 7 rings (SSSR count). The van der Waals surface area contributed by atoms with E-state index in [1.165, 1.54) is 6.07 Å². The lowest BCUT2D eigenvalue weighted by Gasteiger charge is -2.32. The van der Waals surface area contributed by atoms with Gasteiger partial charge in [-0.1, -0.05) is 12.1 Å². The molecular weight excluding hydrogens is 537 g/mol. The number of aromatic nitrogens is 3. The molecule has 3 fully saturated rings. The molecule has 0 radical (unpaired) electrons. The molecule has 0 amide bonds. The number of benzene rings is 2. The van der Waals surface area contributed by atoms with Crippen LogP contribution in [0.4, 0.5) is 4.39 Å². The first-order valence-electron chi connectivity index (χ1n) is 14.3. The minimum Gasteiger partial charge on any atom is -0.478 e. The van der Waals surface area contributed by atoms with Gasteiger partial charge in [0.1, 0.15) is 18.2 Å². The van der Waals surface area contributed by atoms with E-state index in [2.05, 4.69) is 9.47 Å². The van der Waals surface area contributed by atoms with Crippen molar-refractivity contribution in [3.05, 3.63) is 88.6 Å². The molecule has 0 unspecified atom stereocenters. The number of fused-ring (bicyclic) bond motifs is 2. The minimum atomic E-state index is -0.946. The highest BCUT2D eigenvalue weighted by molar-refractivity contribution is 5.92. The predicted molar refractivity (Wildman–Crippen MR) is 150 cm³/mol. The second-order valence-corrected chi connectivity index (χ2v) is 11.4. The maximum Gasteiger partial charge on any atom is 0.335 e. The summed E-state index contributed by atoms with van der Waals surface area (Å²) in [5.74, 6) is 0.804. The van der Waals surface area contributed by atoms with Crippen LogP contribution in [-0.2, 0) is 24.4 Å². The predicted octanol–water partition coefficient (Wildman–Crippen LogP) is 4.89. The fourth-order valence-electron chi connectivity index (χ4n) is 6.35. The number of aromatic carboxylic acids is 1. The lowest BCUT2D eigenvalue weighted by atomic mass is 9.92. The number of rotatable bonds is 9. The average Bonchev–Trinajstić information content (AvgIpc) is 3.71. The number of pyridine rings is 1. The zero-order chi connectivity index (χ0) is 28.8. The van der Waals surface area contributed by atoms with Crippen LogP contribution in [0, 0.1) is 23.1 Å². The highest BCUT2D eigenvalue weighted by Gasteiger charge is 2.50. The molecule has 1 N–H and O–H groups in total. The van der Waals surface area contributed by atoms with E-state index < -0.39 is 11.8 Å². The van der Waals surface area contributed by atoms with Crippen LogP contribution < -0.4 is 4.74 Å². The van der Waals surface area contributed by atoms with Gasteiger partial charge in [0.25, 0.3) is 0 Å². The maximum atomic E-state index is 14.3. The molecule has 2 aromatic carbocycles. The summed E-state index contributed by atoms with van der Waals surface area (Å²) >= 11 is 0. The van der Waals surface area contributed by atoms with Gasteiger partial charge in [0.05, 0.1) is 47.4 Å². The van der Waals surface area contributed by atoms with Crippen LogP contribution >= 0.6 is 0 Å². The zero-order valence-electron chi connectivity index (χ0n) is 22.9. The summed E-state index contributed by atoms with van der Waals surface area (Å²) in [7, 11) is 0. The average molecular weight is 568 g/mol. The summed E-state index contributed by atoms with van der Waals surface area (Å²) in [6.45, 7) is 3.07. The van der Waals surface area contributed by atoms with Gasteiger partial charge in [0, 0.05) is 35.9 Å². The Morgan fingerprint density at radius 1 is 1.17 bits per heavy atom. The molecule has 4 heterocycles. The molecule has 3 aliphatic rings. The fraction of sp³-hybridized carbons (Fsp3) is 0.375. The Morgan fingerprint density at radius 3 is 2.81 bits per heavy atom. The fourth-order valence-corrected chi connectivity index (χ4v) is 6.35. The van der Waals surface area contributed by atoms with Crippen molar-refractivity contribution in [2.45, 2.75) is 57.0 Å². The van der Waals surface area contributed by atoms with Crippen molar-refractivity contribution in [3.63, 3.8) is 0 Å². The third-order valence-corrected chi connectivity index (χ3v) is 8.80. The molecule has 42 heavy (non-hydrogen) atoms. The molecule has 4 aromatic rings. The molecule has 10 heteroatoms. The largest absolute Gasteiger partial charge is 0.478 e. The summed E-state index contributed by atoms with van der Waals surface area (Å²) < 4.78 is 28.0. The number of nitrogens with zero attached hydrogens (tertiary/aromatic N) is 5. The standard InChI is InChI=1S/C32H30FN5O4/c33-25-12-19(15-34)4-5-21(25)18-42-31-3-1-2-26(36-31)23-8-10-37(28-14-24(23)28)17-30-35-27-7-6-20(32(39)40)13-29(27)38(30)16-22-9-11-41-22/h1-7,12-13,22-24,28H,8-11,14,16-18H2,(H,39,40)/t22-,23+,24+,28+/m0/s1. The van der Waals surface area contributed by atoms with E-state index in [4.69, 9.17) is 24.7 Å². The number of ether oxygens (including phenoxy) is 2. The number of imidazole rings is 1. The number of carbonyl (C=O) groups is 1. The van der Waals surface area contributed by atoms with Gasteiger partial charge >= 0.3 is 5.97 Å². The van der Waals surface area contributed by atoms with Crippen LogP contribution in [0.15, 0.2) is 54.6 Å². The normalized spacial score (nSPS) is 23.1. The van der Waals surface area contributed by atoms with Crippen molar-refractivity contribution in [3.8, 4) is 11.9 Å². The molecule has 0 bridgehead atoms. The quantitative estimate of drug-likeness (QED) is 0.304. The number of carboxylic acid groups (broad SMARTS) is 1. The van der Waals surface area contributed by atoms with Gasteiger partial charge < -0.3 is 19.1 Å². The third kappa shape index (κ3) is 5.10. The smallest absolute Gasteiger partial charge is 0.335 e. The van der Waals surface area contributed by atoms with Gasteiger partial charge in [-0.15, -0.1) is 0 Å². The third-order valence-electron chi connectivity index (χ3n) is 8.80. The van der Waals surface area contributed by atoms with Crippen LogP contribution in [0.2, 0.25) is 0 Å². The molecule has 2 saturated heterocycles. The number of hydrogen-bond donors (Lipinski definition) is 1. The SMILES string of the molecule is N#Cc1ccc(COc2cccc([C@@H]3CCN(Cc4nc5ccc(C(=O)O)cc5n4C[C@@H]4CCO4)[C@@H]4C[C@@H]43)n2)c(F)c1. The minimum absolute atomic E-state index is 0.0410. The molecule has 214 valence electrons. The number of hydrogen-bond acceptors (Lipinski definition) is 7. The van der Waals surface area contributed by atoms with Gasteiger partial charge in [-0.25, -0.2) is 19.2 Å². The summed E-state index contributed by atoms with van der Waals surface area (Å²) in [6, 6.07) is 17.6. The van der Waals surface area contributed by atoms with Gasteiger partial charge in [0.15, 0.2) is 0 Å². The summed E-state index contributed by atoms with van der Waals surface area (Å²) in [5, 5.41) is 18.5. The van der Waals surface area contributed by atoms with Gasteiger partial charge in [-0.05, 0) is 68.1 Å². The number of piperidine rings is 1. The van der Waals surface area contributed by atoms with Crippen molar-refractivity contribution in [2.75, 3.05) is 13.2 Å². The highest BCUT2D eigenvalue weighted by atomic mass is 19.1. The topological polar surface area (TPSA) is 114 Å². The second-order valence-electron chi connectivity index (χ2n) is 11.4. The lowest BCUT2D eigenvalue weighted by molar-refractivity contribution is -0.0592. The molecule has 1 aliphatic carbocycles. The van der Waals surface area contributed by atoms with Crippen LogP contribution in [0.3, 0.4) is 0 Å². The first kappa shape index (κ1) is 26.6. The molecular formula is C32H30FN5O4. The van der Waals surface area contributed by atoms with Crippen molar-refractivity contribution >= 4 is 17.0 Å². The maximum absolute atomic E-state index is 14.3. The highest BCUT2D eigenvalue weighted by Crippen LogP contribution is 2.51. The van der Waals surface area contributed by atoms with E-state index in [-0.39, 0.29) is 23.8 Å². The summed E-state index contributed by atoms with van der Waals surface area (Å²) in [5.41, 5.74) is 3.55. The summed E-state index contributed by atoms with van der Waals surface area (Å²) in [6.07, 6.45) is 3.16. The Morgan fingerprint density at radius 2 is 2.05 bits per heavy atom. The van der Waals surface area contributed by atoms with Gasteiger partial charge in [0.2, 0.25) is 5.88 Å². The monoisotopic (exact) mass is 567 g/mol. The second kappa shape index (κ2) is 10.8. The first-order valence-corrected chi connectivity index (χ1v) is 14.3. The Bertz CT molecular complexity index is 1710. The molecule has 4 atom stereocenters.